The van der Waals surface area contributed by atoms with E-state index >= 15 is 0 Å². The third-order valence-corrected chi connectivity index (χ3v) is 3.35. The number of hydrogen-bond acceptors (Lipinski definition) is 3. The minimum absolute atomic E-state index is 0.229. The third kappa shape index (κ3) is 2.33. The van der Waals surface area contributed by atoms with Gasteiger partial charge in [-0.05, 0) is 24.6 Å². The molecule has 0 aliphatic carbocycles. The quantitative estimate of drug-likeness (QED) is 0.909. The molecule has 0 aliphatic rings. The summed E-state index contributed by atoms with van der Waals surface area (Å²) in [6.45, 7) is 7.91. The predicted molar refractivity (Wildman–Crippen MR) is 78.7 cm³/mol. The molecule has 1 aromatic heterocycles. The second-order valence-electron chi connectivity index (χ2n) is 5.92. The normalized spacial score (nSPS) is 11.7. The number of pyridine rings is 1. The number of ether oxygens (including phenoxy) is 1. The van der Waals surface area contributed by atoms with Crippen LogP contribution in [0.3, 0.4) is 0 Å². The number of carboxylic acid groups (broad SMARTS) is 1. The maximum atomic E-state index is 11.6. The molecule has 0 saturated heterocycles. The first-order valence-electron chi connectivity index (χ1n) is 6.48. The fraction of sp³-hybridized carbons (Fsp3) is 0.375. The van der Waals surface area contributed by atoms with Gasteiger partial charge in [-0.2, -0.15) is 0 Å². The lowest BCUT2D eigenvalue weighted by molar-refractivity contribution is 0.0698. The first-order chi connectivity index (χ1) is 9.25. The molecule has 4 nitrogen and oxygen atoms in total. The van der Waals surface area contributed by atoms with Crippen molar-refractivity contribution in [2.24, 2.45) is 0 Å². The molecule has 0 saturated carbocycles. The number of carbonyl (C=O) groups is 1. The topological polar surface area (TPSA) is 59.4 Å². The molecule has 0 amide bonds. The molecule has 2 aromatic rings. The lowest BCUT2D eigenvalue weighted by Crippen LogP contribution is -2.15. The lowest BCUT2D eigenvalue weighted by Gasteiger charge is -2.20. The van der Waals surface area contributed by atoms with Gasteiger partial charge in [0.05, 0.1) is 12.7 Å². The SMILES string of the molecule is COc1ccc(C)c2c(C(=O)O)cc(C(C)(C)C)nc12. The van der Waals surface area contributed by atoms with Crippen molar-refractivity contribution in [1.82, 2.24) is 4.98 Å². The molecular formula is C16H19NO3. The largest absolute Gasteiger partial charge is 0.494 e. The minimum atomic E-state index is -0.945. The summed E-state index contributed by atoms with van der Waals surface area (Å²) < 4.78 is 5.33. The van der Waals surface area contributed by atoms with E-state index in [0.717, 1.165) is 11.3 Å². The van der Waals surface area contributed by atoms with Gasteiger partial charge in [0.1, 0.15) is 11.3 Å². The maximum Gasteiger partial charge on any atom is 0.336 e. The average Bonchev–Trinajstić information content (AvgIpc) is 2.36. The molecule has 4 heteroatoms. The molecule has 0 radical (unpaired) electrons. The number of aromatic carboxylic acids is 1. The summed E-state index contributed by atoms with van der Waals surface area (Å²) in [7, 11) is 1.57. The Bertz CT molecular complexity index is 684. The fourth-order valence-corrected chi connectivity index (χ4v) is 2.20. The summed E-state index contributed by atoms with van der Waals surface area (Å²) in [4.78, 5) is 16.2. The molecule has 1 heterocycles. The molecule has 1 N–H and O–H groups in total. The summed E-state index contributed by atoms with van der Waals surface area (Å²) in [6, 6.07) is 5.34. The van der Waals surface area contributed by atoms with E-state index < -0.39 is 5.97 Å². The van der Waals surface area contributed by atoms with E-state index in [2.05, 4.69) is 4.98 Å². The van der Waals surface area contributed by atoms with Gasteiger partial charge in [0.15, 0.2) is 0 Å². The van der Waals surface area contributed by atoms with Gasteiger partial charge in [-0.15, -0.1) is 0 Å². The van der Waals surface area contributed by atoms with Crippen LogP contribution in [0, 0.1) is 6.92 Å². The Kier molecular flexibility index (Phi) is 3.42. The van der Waals surface area contributed by atoms with Crippen molar-refractivity contribution in [2.75, 3.05) is 7.11 Å². The molecule has 1 aromatic carbocycles. The highest BCUT2D eigenvalue weighted by Crippen LogP contribution is 2.33. The van der Waals surface area contributed by atoms with Crippen molar-refractivity contribution >= 4 is 16.9 Å². The van der Waals surface area contributed by atoms with Gasteiger partial charge in [0, 0.05) is 16.5 Å². The van der Waals surface area contributed by atoms with Crippen molar-refractivity contribution < 1.29 is 14.6 Å². The monoisotopic (exact) mass is 273 g/mol. The second-order valence-corrected chi connectivity index (χ2v) is 5.92. The van der Waals surface area contributed by atoms with Gasteiger partial charge >= 0.3 is 5.97 Å². The van der Waals surface area contributed by atoms with Crippen molar-refractivity contribution in [2.45, 2.75) is 33.1 Å². The number of rotatable bonds is 2. The van der Waals surface area contributed by atoms with Crippen LogP contribution in [-0.4, -0.2) is 23.2 Å². The first kappa shape index (κ1) is 14.3. The van der Waals surface area contributed by atoms with Gasteiger partial charge in [0.25, 0.3) is 0 Å². The van der Waals surface area contributed by atoms with E-state index in [9.17, 15) is 9.90 Å². The number of hydrogen-bond donors (Lipinski definition) is 1. The van der Waals surface area contributed by atoms with E-state index in [1.807, 2.05) is 39.8 Å². The molecular weight excluding hydrogens is 254 g/mol. The van der Waals surface area contributed by atoms with Crippen LogP contribution in [0.25, 0.3) is 10.9 Å². The van der Waals surface area contributed by atoms with Crippen molar-refractivity contribution in [3.05, 3.63) is 35.0 Å². The third-order valence-electron chi connectivity index (χ3n) is 3.35. The maximum absolute atomic E-state index is 11.6. The number of benzene rings is 1. The number of methoxy groups -OCH3 is 1. The van der Waals surface area contributed by atoms with E-state index in [0.29, 0.717) is 16.7 Å². The summed E-state index contributed by atoms with van der Waals surface area (Å²) in [5.41, 5.74) is 2.28. The number of fused-ring (bicyclic) bond motifs is 1. The Morgan fingerprint density at radius 3 is 2.45 bits per heavy atom. The Hall–Kier alpha value is -2.10. The summed E-state index contributed by atoms with van der Waals surface area (Å²) in [5.74, 6) is -0.349. The molecule has 20 heavy (non-hydrogen) atoms. The second kappa shape index (κ2) is 4.78. The fourth-order valence-electron chi connectivity index (χ4n) is 2.20. The van der Waals surface area contributed by atoms with Crippen LogP contribution in [0.15, 0.2) is 18.2 Å². The zero-order valence-electron chi connectivity index (χ0n) is 12.4. The Morgan fingerprint density at radius 2 is 1.95 bits per heavy atom. The molecule has 0 spiro atoms. The highest BCUT2D eigenvalue weighted by atomic mass is 16.5. The van der Waals surface area contributed by atoms with Crippen molar-refractivity contribution in [1.29, 1.82) is 0 Å². The van der Waals surface area contributed by atoms with Gasteiger partial charge in [-0.25, -0.2) is 9.78 Å². The van der Waals surface area contributed by atoms with Gasteiger partial charge in [-0.1, -0.05) is 26.8 Å². The average molecular weight is 273 g/mol. The Morgan fingerprint density at radius 1 is 1.30 bits per heavy atom. The summed E-state index contributed by atoms with van der Waals surface area (Å²) >= 11 is 0. The van der Waals surface area contributed by atoms with E-state index in [1.165, 1.54) is 0 Å². The first-order valence-corrected chi connectivity index (χ1v) is 6.48. The molecule has 106 valence electrons. The summed E-state index contributed by atoms with van der Waals surface area (Å²) in [5, 5.41) is 10.1. The van der Waals surface area contributed by atoms with Gasteiger partial charge < -0.3 is 9.84 Å². The minimum Gasteiger partial charge on any atom is -0.494 e. The van der Waals surface area contributed by atoms with Crippen LogP contribution in [0.5, 0.6) is 5.75 Å². The Balaban J connectivity index is 2.96. The van der Waals surface area contributed by atoms with E-state index in [4.69, 9.17) is 4.74 Å². The Labute approximate surface area is 118 Å². The van der Waals surface area contributed by atoms with Crippen LogP contribution in [-0.2, 0) is 5.41 Å². The standard InChI is InChI=1S/C16H19NO3/c1-9-6-7-11(20-5)14-13(9)10(15(18)19)8-12(17-14)16(2,3)4/h6-8H,1-5H3,(H,18,19). The zero-order valence-corrected chi connectivity index (χ0v) is 12.4. The number of aryl methyl sites for hydroxylation is 1. The molecule has 0 fully saturated rings. The van der Waals surface area contributed by atoms with Crippen LogP contribution in [0.2, 0.25) is 0 Å². The van der Waals surface area contributed by atoms with E-state index in [-0.39, 0.29) is 11.0 Å². The van der Waals surface area contributed by atoms with Gasteiger partial charge in [-0.3, -0.25) is 0 Å². The van der Waals surface area contributed by atoms with E-state index in [1.54, 1.807) is 13.2 Å². The number of aromatic nitrogens is 1. The van der Waals surface area contributed by atoms with Crippen molar-refractivity contribution in [3.8, 4) is 5.75 Å². The molecule has 0 unspecified atom stereocenters. The number of nitrogens with zero attached hydrogens (tertiary/aromatic N) is 1. The molecule has 0 bridgehead atoms. The summed E-state index contributed by atoms with van der Waals surface area (Å²) in [6.07, 6.45) is 0. The van der Waals surface area contributed by atoms with Crippen molar-refractivity contribution in [3.63, 3.8) is 0 Å². The zero-order chi connectivity index (χ0) is 15.1. The lowest BCUT2D eigenvalue weighted by atomic mass is 9.89. The smallest absolute Gasteiger partial charge is 0.336 e. The van der Waals surface area contributed by atoms with Crippen LogP contribution in [0.1, 0.15) is 42.4 Å². The molecule has 0 atom stereocenters. The highest BCUT2D eigenvalue weighted by molar-refractivity contribution is 6.05. The predicted octanol–water partition coefficient (Wildman–Crippen LogP) is 3.55. The number of carboxylic acids is 1. The highest BCUT2D eigenvalue weighted by Gasteiger charge is 2.22. The van der Waals surface area contributed by atoms with Crippen LogP contribution >= 0.6 is 0 Å². The molecule has 2 rings (SSSR count). The molecule has 0 aliphatic heterocycles. The van der Waals surface area contributed by atoms with Gasteiger partial charge in [0.2, 0.25) is 0 Å². The van der Waals surface area contributed by atoms with Crippen LogP contribution in [0.4, 0.5) is 0 Å². The van der Waals surface area contributed by atoms with Crippen LogP contribution < -0.4 is 4.74 Å².